The van der Waals surface area contributed by atoms with Crippen LogP contribution in [0, 0.1) is 11.3 Å². The van der Waals surface area contributed by atoms with Crippen LogP contribution in [0.4, 0.5) is 0 Å². The van der Waals surface area contributed by atoms with Gasteiger partial charge in [-0.2, -0.15) is 21.6 Å². The Hall–Kier alpha value is -2.42. The van der Waals surface area contributed by atoms with Crippen molar-refractivity contribution in [1.82, 2.24) is 10.1 Å². The molecule has 21 heavy (non-hydrogen) atoms. The number of halogens is 1. The first-order valence-corrected chi connectivity index (χ1v) is 7.32. The Morgan fingerprint density at radius 1 is 1.38 bits per heavy atom. The number of thiophene rings is 1. The molecule has 0 saturated carbocycles. The fourth-order valence-electron chi connectivity index (χ4n) is 1.74. The zero-order valence-corrected chi connectivity index (χ0v) is 12.2. The van der Waals surface area contributed by atoms with Gasteiger partial charge in [0.1, 0.15) is 5.03 Å². The van der Waals surface area contributed by atoms with Gasteiger partial charge in [-0.3, -0.25) is 0 Å². The van der Waals surface area contributed by atoms with Crippen molar-refractivity contribution < 1.29 is 4.52 Å². The standard InChI is InChI=1S/C15H8ClN3OS/c16-13(7-10-2-1-3-11(6-10)8-17)15-18-14(19-20-15)12-4-5-21-9-12/h1-7,9H/b13-7+. The molecule has 102 valence electrons. The molecule has 0 N–H and O–H groups in total. The van der Waals surface area contributed by atoms with E-state index in [4.69, 9.17) is 21.4 Å². The lowest BCUT2D eigenvalue weighted by atomic mass is 10.1. The maximum absolute atomic E-state index is 8.88. The fourth-order valence-corrected chi connectivity index (χ4v) is 2.57. The van der Waals surface area contributed by atoms with Crippen LogP contribution >= 0.6 is 22.9 Å². The summed E-state index contributed by atoms with van der Waals surface area (Å²) in [4.78, 5) is 4.26. The van der Waals surface area contributed by atoms with Gasteiger partial charge >= 0.3 is 0 Å². The van der Waals surface area contributed by atoms with Gasteiger partial charge in [-0.1, -0.05) is 28.9 Å². The molecule has 0 spiro atoms. The minimum atomic E-state index is 0.250. The van der Waals surface area contributed by atoms with Crippen molar-refractivity contribution in [3.05, 3.63) is 58.1 Å². The highest BCUT2D eigenvalue weighted by Crippen LogP contribution is 2.25. The summed E-state index contributed by atoms with van der Waals surface area (Å²) < 4.78 is 5.16. The number of nitriles is 1. The van der Waals surface area contributed by atoms with Crippen LogP contribution in [0.15, 0.2) is 45.6 Å². The Morgan fingerprint density at radius 3 is 3.05 bits per heavy atom. The molecule has 2 heterocycles. The third-order valence-electron chi connectivity index (χ3n) is 2.72. The quantitative estimate of drug-likeness (QED) is 0.718. The fraction of sp³-hybridized carbons (Fsp3) is 0. The highest BCUT2D eigenvalue weighted by Gasteiger charge is 2.11. The average molecular weight is 314 g/mol. The molecule has 0 aliphatic rings. The SMILES string of the molecule is N#Cc1cccc(/C=C(/Cl)c2nc(-c3ccsc3)no2)c1. The second kappa shape index (κ2) is 5.92. The van der Waals surface area contributed by atoms with Gasteiger partial charge in [-0.15, -0.1) is 0 Å². The average Bonchev–Trinajstić information content (AvgIpc) is 3.18. The van der Waals surface area contributed by atoms with Crippen LogP contribution < -0.4 is 0 Å². The smallest absolute Gasteiger partial charge is 0.269 e. The molecule has 0 radical (unpaired) electrons. The van der Waals surface area contributed by atoms with Crippen molar-refractivity contribution in [2.75, 3.05) is 0 Å². The van der Waals surface area contributed by atoms with Gasteiger partial charge in [0.05, 0.1) is 11.6 Å². The first-order valence-electron chi connectivity index (χ1n) is 6.00. The van der Waals surface area contributed by atoms with E-state index in [0.29, 0.717) is 16.4 Å². The molecular weight excluding hydrogens is 306 g/mol. The van der Waals surface area contributed by atoms with Gasteiger partial charge in [0.2, 0.25) is 5.82 Å². The predicted octanol–water partition coefficient (Wildman–Crippen LogP) is 4.41. The lowest BCUT2D eigenvalue weighted by Crippen LogP contribution is -1.81. The van der Waals surface area contributed by atoms with E-state index in [2.05, 4.69) is 16.2 Å². The normalized spacial score (nSPS) is 11.3. The van der Waals surface area contributed by atoms with Crippen LogP contribution in [0.3, 0.4) is 0 Å². The van der Waals surface area contributed by atoms with Crippen LogP contribution in [0.25, 0.3) is 22.5 Å². The molecule has 0 saturated heterocycles. The van der Waals surface area contributed by atoms with Crippen molar-refractivity contribution in [2.45, 2.75) is 0 Å². The van der Waals surface area contributed by atoms with Gasteiger partial charge in [0.15, 0.2) is 0 Å². The third-order valence-corrected chi connectivity index (χ3v) is 3.67. The first kappa shape index (κ1) is 13.6. The third kappa shape index (κ3) is 3.02. The van der Waals surface area contributed by atoms with Crippen LogP contribution in [-0.2, 0) is 0 Å². The van der Waals surface area contributed by atoms with E-state index in [1.165, 1.54) is 0 Å². The van der Waals surface area contributed by atoms with E-state index in [9.17, 15) is 0 Å². The Kier molecular flexibility index (Phi) is 3.82. The van der Waals surface area contributed by atoms with E-state index in [-0.39, 0.29) is 5.89 Å². The molecule has 2 aromatic heterocycles. The predicted molar refractivity (Wildman–Crippen MR) is 82.5 cm³/mol. The van der Waals surface area contributed by atoms with Crippen molar-refractivity contribution in [1.29, 1.82) is 5.26 Å². The van der Waals surface area contributed by atoms with Crippen molar-refractivity contribution in [3.63, 3.8) is 0 Å². The Labute approximate surface area is 129 Å². The summed E-state index contributed by atoms with van der Waals surface area (Å²) in [5, 5.41) is 17.0. The lowest BCUT2D eigenvalue weighted by molar-refractivity contribution is 0.410. The highest BCUT2D eigenvalue weighted by molar-refractivity contribution is 7.08. The van der Waals surface area contributed by atoms with E-state index >= 15 is 0 Å². The molecular formula is C15H8ClN3OS. The Balaban J connectivity index is 1.89. The highest BCUT2D eigenvalue weighted by atomic mass is 35.5. The van der Waals surface area contributed by atoms with Gasteiger partial charge in [-0.25, -0.2) is 0 Å². The Bertz CT molecular complexity index is 831. The molecule has 0 aliphatic carbocycles. The summed E-state index contributed by atoms with van der Waals surface area (Å²) in [6.45, 7) is 0. The van der Waals surface area contributed by atoms with Gasteiger partial charge in [0.25, 0.3) is 5.89 Å². The molecule has 0 fully saturated rings. The largest absolute Gasteiger partial charge is 0.333 e. The summed E-state index contributed by atoms with van der Waals surface area (Å²) in [7, 11) is 0. The molecule has 1 aromatic carbocycles. The minimum absolute atomic E-state index is 0.250. The first-order chi connectivity index (χ1) is 10.3. The number of hydrogen-bond acceptors (Lipinski definition) is 5. The monoisotopic (exact) mass is 313 g/mol. The molecule has 4 nitrogen and oxygen atoms in total. The van der Waals surface area contributed by atoms with E-state index in [0.717, 1.165) is 11.1 Å². The van der Waals surface area contributed by atoms with E-state index in [1.54, 1.807) is 35.6 Å². The van der Waals surface area contributed by atoms with Crippen LogP contribution in [0.5, 0.6) is 0 Å². The number of aromatic nitrogens is 2. The van der Waals surface area contributed by atoms with Crippen molar-refractivity contribution in [3.8, 4) is 17.5 Å². The second-order valence-corrected chi connectivity index (χ2v) is 5.35. The molecule has 0 unspecified atom stereocenters. The molecule has 0 aliphatic heterocycles. The van der Waals surface area contributed by atoms with Gasteiger partial charge < -0.3 is 4.52 Å². The van der Waals surface area contributed by atoms with Gasteiger partial charge in [0, 0.05) is 10.9 Å². The molecule has 3 rings (SSSR count). The van der Waals surface area contributed by atoms with Gasteiger partial charge in [-0.05, 0) is 35.2 Å². The lowest BCUT2D eigenvalue weighted by Gasteiger charge is -1.95. The summed E-state index contributed by atoms with van der Waals surface area (Å²) in [6, 6.07) is 11.1. The molecule has 0 atom stereocenters. The van der Waals surface area contributed by atoms with Crippen LogP contribution in [0.2, 0.25) is 0 Å². The molecule has 0 bridgehead atoms. The zero-order chi connectivity index (χ0) is 14.7. The number of hydrogen-bond donors (Lipinski definition) is 0. The Morgan fingerprint density at radius 2 is 2.29 bits per heavy atom. The molecule has 0 amide bonds. The summed E-state index contributed by atoms with van der Waals surface area (Å²) in [6.07, 6.45) is 1.69. The minimum Gasteiger partial charge on any atom is -0.333 e. The number of nitrogens with zero attached hydrogens (tertiary/aromatic N) is 3. The van der Waals surface area contributed by atoms with E-state index in [1.807, 2.05) is 22.9 Å². The topological polar surface area (TPSA) is 62.7 Å². The zero-order valence-electron chi connectivity index (χ0n) is 10.7. The summed E-state index contributed by atoms with van der Waals surface area (Å²) in [5.41, 5.74) is 2.26. The number of rotatable bonds is 3. The number of benzene rings is 1. The summed E-state index contributed by atoms with van der Waals surface area (Å²) in [5.74, 6) is 0.754. The van der Waals surface area contributed by atoms with E-state index < -0.39 is 0 Å². The maximum Gasteiger partial charge on any atom is 0.269 e. The summed E-state index contributed by atoms with van der Waals surface area (Å²) >= 11 is 7.75. The molecule has 3 aromatic rings. The van der Waals surface area contributed by atoms with Crippen LogP contribution in [-0.4, -0.2) is 10.1 Å². The van der Waals surface area contributed by atoms with Crippen LogP contribution in [0.1, 0.15) is 17.0 Å². The van der Waals surface area contributed by atoms with Crippen molar-refractivity contribution in [2.24, 2.45) is 0 Å². The molecule has 6 heteroatoms. The van der Waals surface area contributed by atoms with Crippen molar-refractivity contribution >= 4 is 34.0 Å². The second-order valence-electron chi connectivity index (χ2n) is 4.16. The maximum atomic E-state index is 8.88.